The van der Waals surface area contributed by atoms with E-state index in [4.69, 9.17) is 5.73 Å². The Bertz CT molecular complexity index is 288. The van der Waals surface area contributed by atoms with E-state index in [0.717, 1.165) is 5.56 Å². The van der Waals surface area contributed by atoms with E-state index in [1.807, 2.05) is 6.92 Å². The molecule has 3 N–H and O–H groups in total. The average molecular weight is 183 g/mol. The van der Waals surface area contributed by atoms with Gasteiger partial charge in [0.1, 0.15) is 11.9 Å². The third-order valence-electron chi connectivity index (χ3n) is 1.94. The third kappa shape index (κ3) is 2.42. The Morgan fingerprint density at radius 3 is 2.77 bits per heavy atom. The molecule has 0 aliphatic rings. The van der Waals surface area contributed by atoms with Crippen LogP contribution in [0.2, 0.25) is 0 Å². The summed E-state index contributed by atoms with van der Waals surface area (Å²) in [6.07, 6.45) is -0.915. The lowest BCUT2D eigenvalue weighted by molar-refractivity contribution is 0.315. The van der Waals surface area contributed by atoms with Crippen LogP contribution < -0.4 is 5.73 Å². The number of aryl methyl sites for hydroxylation is 1. The maximum absolute atomic E-state index is 13.3. The molecule has 1 aromatic rings. The number of hydrogen-bond donors (Lipinski definition) is 2. The molecular weight excluding hydrogens is 169 g/mol. The molecule has 0 amide bonds. The highest BCUT2D eigenvalue weighted by atomic mass is 19.1. The Hall–Kier alpha value is -1.09. The predicted octanol–water partition coefficient (Wildman–Crippen LogP) is 2.06. The second-order valence-corrected chi connectivity index (χ2v) is 3.11. The number of rotatable bonds is 3. The SMILES string of the molecule is Cc1ccc(C(F)CCN)c(O)c1. The molecule has 0 aromatic heterocycles. The lowest BCUT2D eigenvalue weighted by Crippen LogP contribution is -2.03. The van der Waals surface area contributed by atoms with Crippen molar-refractivity contribution in [2.75, 3.05) is 6.54 Å². The van der Waals surface area contributed by atoms with Gasteiger partial charge in [-0.3, -0.25) is 0 Å². The number of phenolic OH excluding ortho intramolecular Hbond substituents is 1. The summed E-state index contributed by atoms with van der Waals surface area (Å²) in [5, 5.41) is 9.41. The zero-order chi connectivity index (χ0) is 9.84. The van der Waals surface area contributed by atoms with Crippen LogP contribution in [0.1, 0.15) is 23.7 Å². The lowest BCUT2D eigenvalue weighted by atomic mass is 10.0. The van der Waals surface area contributed by atoms with Crippen LogP contribution in [0, 0.1) is 6.92 Å². The Kier molecular flexibility index (Phi) is 3.25. The van der Waals surface area contributed by atoms with Gasteiger partial charge < -0.3 is 10.8 Å². The number of hydrogen-bond acceptors (Lipinski definition) is 2. The fourth-order valence-corrected chi connectivity index (χ4v) is 1.22. The number of phenols is 1. The van der Waals surface area contributed by atoms with Crippen LogP contribution in [0.3, 0.4) is 0 Å². The molecule has 0 fully saturated rings. The lowest BCUT2D eigenvalue weighted by Gasteiger charge is -2.09. The third-order valence-corrected chi connectivity index (χ3v) is 1.94. The Balaban J connectivity index is 2.88. The molecule has 0 saturated heterocycles. The standard InChI is InChI=1S/C10H14FNO/c1-7-2-3-8(10(13)6-7)9(11)4-5-12/h2-3,6,9,13H,4-5,12H2,1H3. The molecule has 1 aromatic carbocycles. The fraction of sp³-hybridized carbons (Fsp3) is 0.400. The first kappa shape index (κ1) is 9.99. The van der Waals surface area contributed by atoms with Gasteiger partial charge in [0.25, 0.3) is 0 Å². The zero-order valence-electron chi connectivity index (χ0n) is 7.63. The molecule has 1 unspecified atom stereocenters. The number of nitrogens with two attached hydrogens (primary N) is 1. The van der Waals surface area contributed by atoms with E-state index in [2.05, 4.69) is 0 Å². The van der Waals surface area contributed by atoms with E-state index >= 15 is 0 Å². The van der Waals surface area contributed by atoms with Gasteiger partial charge in [-0.25, -0.2) is 4.39 Å². The second kappa shape index (κ2) is 4.23. The van der Waals surface area contributed by atoms with Crippen molar-refractivity contribution in [3.05, 3.63) is 29.3 Å². The van der Waals surface area contributed by atoms with Crippen molar-refractivity contribution < 1.29 is 9.50 Å². The summed E-state index contributed by atoms with van der Waals surface area (Å²) in [5.41, 5.74) is 6.47. The van der Waals surface area contributed by atoms with Crippen molar-refractivity contribution in [1.29, 1.82) is 0 Å². The molecule has 13 heavy (non-hydrogen) atoms. The van der Waals surface area contributed by atoms with Gasteiger partial charge in [0.2, 0.25) is 0 Å². The van der Waals surface area contributed by atoms with Crippen LogP contribution in [0.15, 0.2) is 18.2 Å². The summed E-state index contributed by atoms with van der Waals surface area (Å²) in [7, 11) is 0. The highest BCUT2D eigenvalue weighted by Crippen LogP contribution is 2.29. The predicted molar refractivity (Wildman–Crippen MR) is 50.4 cm³/mol. The van der Waals surface area contributed by atoms with Crippen molar-refractivity contribution in [3.63, 3.8) is 0 Å². The number of halogens is 1. The summed E-state index contributed by atoms with van der Waals surface area (Å²) < 4.78 is 13.3. The van der Waals surface area contributed by atoms with E-state index < -0.39 is 6.17 Å². The van der Waals surface area contributed by atoms with Crippen LogP contribution in [0.5, 0.6) is 5.75 Å². The second-order valence-electron chi connectivity index (χ2n) is 3.11. The maximum Gasteiger partial charge on any atom is 0.130 e. The first-order chi connectivity index (χ1) is 6.15. The highest BCUT2D eigenvalue weighted by molar-refractivity contribution is 5.37. The minimum absolute atomic E-state index is 0.0148. The first-order valence-electron chi connectivity index (χ1n) is 4.29. The van der Waals surface area contributed by atoms with Crippen molar-refractivity contribution in [1.82, 2.24) is 0 Å². The molecule has 0 aliphatic carbocycles. The molecule has 0 heterocycles. The van der Waals surface area contributed by atoms with Gasteiger partial charge >= 0.3 is 0 Å². The summed E-state index contributed by atoms with van der Waals surface area (Å²) in [4.78, 5) is 0. The van der Waals surface area contributed by atoms with Crippen LogP contribution in [-0.2, 0) is 0 Å². The van der Waals surface area contributed by atoms with Gasteiger partial charge in [-0.2, -0.15) is 0 Å². The number of benzene rings is 1. The van der Waals surface area contributed by atoms with Gasteiger partial charge in [0, 0.05) is 5.56 Å². The van der Waals surface area contributed by atoms with Crippen LogP contribution in [0.25, 0.3) is 0 Å². The van der Waals surface area contributed by atoms with Crippen LogP contribution >= 0.6 is 0 Å². The topological polar surface area (TPSA) is 46.2 Å². The molecule has 2 nitrogen and oxygen atoms in total. The van der Waals surface area contributed by atoms with Crippen LogP contribution in [0.4, 0.5) is 4.39 Å². The molecule has 72 valence electrons. The molecule has 0 radical (unpaired) electrons. The van der Waals surface area contributed by atoms with Crippen molar-refractivity contribution in [2.24, 2.45) is 5.73 Å². The van der Waals surface area contributed by atoms with Gasteiger partial charge in [-0.05, 0) is 31.5 Å². The largest absolute Gasteiger partial charge is 0.508 e. The average Bonchev–Trinajstić information content (AvgIpc) is 2.04. The Morgan fingerprint density at radius 2 is 2.23 bits per heavy atom. The first-order valence-corrected chi connectivity index (χ1v) is 4.29. The normalized spacial score (nSPS) is 12.8. The van der Waals surface area contributed by atoms with E-state index in [0.29, 0.717) is 5.56 Å². The molecule has 0 bridgehead atoms. The van der Waals surface area contributed by atoms with Gasteiger partial charge in [0.15, 0.2) is 0 Å². The molecular formula is C10H14FNO. The molecule has 3 heteroatoms. The molecule has 0 spiro atoms. The van der Waals surface area contributed by atoms with Crippen molar-refractivity contribution in [3.8, 4) is 5.75 Å². The molecule has 1 atom stereocenters. The van der Waals surface area contributed by atoms with E-state index in [1.54, 1.807) is 18.2 Å². The zero-order valence-corrected chi connectivity index (χ0v) is 7.63. The number of aromatic hydroxyl groups is 1. The van der Waals surface area contributed by atoms with Gasteiger partial charge in [0.05, 0.1) is 0 Å². The summed E-state index contributed by atoms with van der Waals surface area (Å²) in [5.74, 6) is 0.0148. The van der Waals surface area contributed by atoms with Gasteiger partial charge in [-0.1, -0.05) is 12.1 Å². The van der Waals surface area contributed by atoms with Crippen LogP contribution in [-0.4, -0.2) is 11.7 Å². The summed E-state index contributed by atoms with van der Waals surface area (Å²) in [6, 6.07) is 4.93. The van der Waals surface area contributed by atoms with E-state index in [-0.39, 0.29) is 18.7 Å². The smallest absolute Gasteiger partial charge is 0.130 e. The van der Waals surface area contributed by atoms with Gasteiger partial charge in [-0.15, -0.1) is 0 Å². The quantitative estimate of drug-likeness (QED) is 0.753. The Labute approximate surface area is 77.2 Å². The van der Waals surface area contributed by atoms with Crippen molar-refractivity contribution in [2.45, 2.75) is 19.5 Å². The molecule has 0 saturated carbocycles. The maximum atomic E-state index is 13.3. The molecule has 0 aliphatic heterocycles. The van der Waals surface area contributed by atoms with E-state index in [9.17, 15) is 9.50 Å². The monoisotopic (exact) mass is 183 g/mol. The summed E-state index contributed by atoms with van der Waals surface area (Å²) in [6.45, 7) is 2.13. The Morgan fingerprint density at radius 1 is 1.54 bits per heavy atom. The number of alkyl halides is 1. The minimum atomic E-state index is -1.16. The molecule has 1 rings (SSSR count). The van der Waals surface area contributed by atoms with Crippen molar-refractivity contribution >= 4 is 0 Å². The van der Waals surface area contributed by atoms with E-state index in [1.165, 1.54) is 0 Å². The minimum Gasteiger partial charge on any atom is -0.508 e. The summed E-state index contributed by atoms with van der Waals surface area (Å²) >= 11 is 0. The fourth-order valence-electron chi connectivity index (χ4n) is 1.22. The highest BCUT2D eigenvalue weighted by Gasteiger charge is 2.12.